The lowest BCUT2D eigenvalue weighted by Crippen LogP contribution is -2.48. The Hall–Kier alpha value is -0.600. The van der Waals surface area contributed by atoms with Gasteiger partial charge in [-0.15, -0.1) is 12.3 Å². The molecule has 0 aromatic carbocycles. The van der Waals surface area contributed by atoms with E-state index in [4.69, 9.17) is 15.9 Å². The summed E-state index contributed by atoms with van der Waals surface area (Å²) in [6.07, 6.45) is 2.54. The van der Waals surface area contributed by atoms with Gasteiger partial charge in [0.2, 0.25) is 0 Å². The lowest BCUT2D eigenvalue weighted by Gasteiger charge is -2.34. The number of ether oxygens (including phenoxy) is 2. The van der Waals surface area contributed by atoms with Gasteiger partial charge in [0.1, 0.15) is 12.2 Å². The van der Waals surface area contributed by atoms with Crippen molar-refractivity contribution in [2.75, 3.05) is 6.61 Å². The monoisotopic (exact) mass is 186 g/mol. The fraction of sp³-hybridized carbons (Fsp3) is 0.778. The highest BCUT2D eigenvalue weighted by Gasteiger charge is 2.33. The quantitative estimate of drug-likeness (QED) is 0.570. The summed E-state index contributed by atoms with van der Waals surface area (Å²) in [7, 11) is 0. The SMILES string of the molecule is C#CC[C@@H](O)[C@H]1O[C@@H](C)OC[C@H]1O. The summed E-state index contributed by atoms with van der Waals surface area (Å²) in [6.45, 7) is 1.88. The molecular formula is C9H14O4. The van der Waals surface area contributed by atoms with Gasteiger partial charge in [-0.1, -0.05) is 0 Å². The van der Waals surface area contributed by atoms with Crippen LogP contribution in [0.15, 0.2) is 0 Å². The molecule has 1 rings (SSSR count). The average molecular weight is 186 g/mol. The van der Waals surface area contributed by atoms with Crippen LogP contribution in [0.3, 0.4) is 0 Å². The van der Waals surface area contributed by atoms with Gasteiger partial charge in [0.15, 0.2) is 6.29 Å². The largest absolute Gasteiger partial charge is 0.389 e. The first kappa shape index (κ1) is 10.5. The zero-order valence-electron chi connectivity index (χ0n) is 7.51. The molecule has 1 aliphatic rings. The molecule has 0 aliphatic carbocycles. The van der Waals surface area contributed by atoms with Gasteiger partial charge in [-0.2, -0.15) is 0 Å². The van der Waals surface area contributed by atoms with Gasteiger partial charge in [0.05, 0.1) is 12.7 Å². The summed E-state index contributed by atoms with van der Waals surface area (Å²) < 4.78 is 10.2. The maximum atomic E-state index is 9.48. The summed E-state index contributed by atoms with van der Waals surface area (Å²) in [5.41, 5.74) is 0. The highest BCUT2D eigenvalue weighted by Crippen LogP contribution is 2.17. The average Bonchev–Trinajstić information content (AvgIpc) is 2.09. The van der Waals surface area contributed by atoms with Crippen LogP contribution in [0.1, 0.15) is 13.3 Å². The molecule has 74 valence electrons. The van der Waals surface area contributed by atoms with Crippen molar-refractivity contribution in [1.82, 2.24) is 0 Å². The maximum Gasteiger partial charge on any atom is 0.155 e. The summed E-state index contributed by atoms with van der Waals surface area (Å²) in [5, 5.41) is 18.9. The molecule has 0 unspecified atom stereocenters. The van der Waals surface area contributed by atoms with Crippen molar-refractivity contribution in [2.45, 2.75) is 37.9 Å². The van der Waals surface area contributed by atoms with Gasteiger partial charge in [-0.3, -0.25) is 0 Å². The van der Waals surface area contributed by atoms with Crippen LogP contribution in [0.25, 0.3) is 0 Å². The zero-order chi connectivity index (χ0) is 9.84. The molecule has 0 aromatic heterocycles. The lowest BCUT2D eigenvalue weighted by molar-refractivity contribution is -0.263. The van der Waals surface area contributed by atoms with Crippen molar-refractivity contribution >= 4 is 0 Å². The van der Waals surface area contributed by atoms with E-state index in [0.29, 0.717) is 0 Å². The Morgan fingerprint density at radius 1 is 1.69 bits per heavy atom. The highest BCUT2D eigenvalue weighted by molar-refractivity contribution is 4.92. The molecule has 4 atom stereocenters. The van der Waals surface area contributed by atoms with E-state index in [0.717, 1.165) is 0 Å². The van der Waals surface area contributed by atoms with E-state index >= 15 is 0 Å². The Balaban J connectivity index is 2.50. The topological polar surface area (TPSA) is 58.9 Å². The van der Waals surface area contributed by atoms with Crippen molar-refractivity contribution in [3.8, 4) is 12.3 Å². The number of hydrogen-bond donors (Lipinski definition) is 2. The molecule has 1 saturated heterocycles. The van der Waals surface area contributed by atoms with E-state index in [1.807, 2.05) is 0 Å². The Labute approximate surface area is 77.5 Å². The van der Waals surface area contributed by atoms with Gasteiger partial charge in [-0.05, 0) is 6.92 Å². The van der Waals surface area contributed by atoms with Crippen LogP contribution < -0.4 is 0 Å². The first-order chi connectivity index (χ1) is 6.15. The third-order valence-electron chi connectivity index (χ3n) is 1.94. The minimum absolute atomic E-state index is 0.174. The first-order valence-electron chi connectivity index (χ1n) is 4.21. The van der Waals surface area contributed by atoms with Crippen LogP contribution in [0.2, 0.25) is 0 Å². The molecule has 2 N–H and O–H groups in total. The van der Waals surface area contributed by atoms with E-state index < -0.39 is 24.6 Å². The Morgan fingerprint density at radius 3 is 3.00 bits per heavy atom. The predicted molar refractivity (Wildman–Crippen MR) is 45.8 cm³/mol. The minimum Gasteiger partial charge on any atom is -0.389 e. The normalized spacial score (nSPS) is 36.6. The Kier molecular flexibility index (Phi) is 3.70. The van der Waals surface area contributed by atoms with Crippen LogP contribution in [-0.4, -0.2) is 41.4 Å². The first-order valence-corrected chi connectivity index (χ1v) is 4.21. The summed E-state index contributed by atoms with van der Waals surface area (Å²) in [4.78, 5) is 0. The molecule has 0 radical (unpaired) electrons. The van der Waals surface area contributed by atoms with E-state index in [1.165, 1.54) is 0 Å². The molecule has 0 amide bonds. The number of aliphatic hydroxyl groups is 2. The molecule has 1 fully saturated rings. The fourth-order valence-corrected chi connectivity index (χ4v) is 1.26. The smallest absolute Gasteiger partial charge is 0.155 e. The van der Waals surface area contributed by atoms with Crippen LogP contribution >= 0.6 is 0 Å². The van der Waals surface area contributed by atoms with Crippen LogP contribution in [0.4, 0.5) is 0 Å². The van der Waals surface area contributed by atoms with Gasteiger partial charge < -0.3 is 19.7 Å². The number of terminal acetylenes is 1. The van der Waals surface area contributed by atoms with E-state index in [9.17, 15) is 10.2 Å². The molecule has 4 nitrogen and oxygen atoms in total. The fourth-order valence-electron chi connectivity index (χ4n) is 1.26. The van der Waals surface area contributed by atoms with Crippen LogP contribution in [0, 0.1) is 12.3 Å². The van der Waals surface area contributed by atoms with E-state index in [2.05, 4.69) is 5.92 Å². The standard InChI is InChI=1S/C9H14O4/c1-3-4-7(10)9-8(11)5-12-6(2)13-9/h1,6-11H,4-5H2,2H3/t6-,7+,8+,9+/m0/s1. The molecule has 1 aliphatic heterocycles. The lowest BCUT2D eigenvalue weighted by atomic mass is 10.1. The van der Waals surface area contributed by atoms with E-state index in [1.54, 1.807) is 6.92 Å². The van der Waals surface area contributed by atoms with Crippen molar-refractivity contribution < 1.29 is 19.7 Å². The second-order valence-corrected chi connectivity index (χ2v) is 3.04. The second-order valence-electron chi connectivity index (χ2n) is 3.04. The zero-order valence-corrected chi connectivity index (χ0v) is 7.51. The van der Waals surface area contributed by atoms with Crippen molar-refractivity contribution in [3.05, 3.63) is 0 Å². The predicted octanol–water partition coefficient (Wildman–Crippen LogP) is -0.507. The maximum absolute atomic E-state index is 9.48. The molecule has 13 heavy (non-hydrogen) atoms. The Bertz CT molecular complexity index is 198. The van der Waals surface area contributed by atoms with Gasteiger partial charge in [-0.25, -0.2) is 0 Å². The van der Waals surface area contributed by atoms with Crippen LogP contribution in [-0.2, 0) is 9.47 Å². The Morgan fingerprint density at radius 2 is 2.38 bits per heavy atom. The van der Waals surface area contributed by atoms with E-state index in [-0.39, 0.29) is 13.0 Å². The molecule has 0 bridgehead atoms. The third-order valence-corrected chi connectivity index (χ3v) is 1.94. The number of aliphatic hydroxyl groups excluding tert-OH is 2. The third kappa shape index (κ3) is 2.68. The van der Waals surface area contributed by atoms with Crippen molar-refractivity contribution in [2.24, 2.45) is 0 Å². The van der Waals surface area contributed by atoms with Gasteiger partial charge in [0, 0.05) is 6.42 Å². The van der Waals surface area contributed by atoms with Crippen molar-refractivity contribution in [1.29, 1.82) is 0 Å². The summed E-state index contributed by atoms with van der Waals surface area (Å²) in [5.74, 6) is 2.32. The molecular weight excluding hydrogens is 172 g/mol. The summed E-state index contributed by atoms with van der Waals surface area (Å²) in [6, 6.07) is 0. The second kappa shape index (κ2) is 4.58. The summed E-state index contributed by atoms with van der Waals surface area (Å²) >= 11 is 0. The number of hydrogen-bond acceptors (Lipinski definition) is 4. The molecule has 4 heteroatoms. The minimum atomic E-state index is -0.827. The molecule has 1 heterocycles. The molecule has 0 spiro atoms. The van der Waals surface area contributed by atoms with Crippen molar-refractivity contribution in [3.63, 3.8) is 0 Å². The van der Waals surface area contributed by atoms with Gasteiger partial charge in [0.25, 0.3) is 0 Å². The molecule has 0 saturated carbocycles. The highest BCUT2D eigenvalue weighted by atomic mass is 16.7. The van der Waals surface area contributed by atoms with Crippen LogP contribution in [0.5, 0.6) is 0 Å². The van der Waals surface area contributed by atoms with Gasteiger partial charge >= 0.3 is 0 Å². The molecule has 0 aromatic rings. The number of rotatable bonds is 2.